The fourth-order valence-corrected chi connectivity index (χ4v) is 2.53. The smallest absolute Gasteiger partial charge is 0.304 e. The molecule has 6 nitrogen and oxygen atoms in total. The summed E-state index contributed by atoms with van der Waals surface area (Å²) in [6, 6.07) is 0.248. The van der Waals surface area contributed by atoms with E-state index in [1.807, 2.05) is 19.2 Å². The number of hydrogen-bond acceptors (Lipinski definition) is 5. The predicted molar refractivity (Wildman–Crippen MR) is 82.3 cm³/mol. The lowest BCUT2D eigenvalue weighted by Crippen LogP contribution is -2.32. The molecule has 7 heteroatoms. The maximum absolute atomic E-state index is 11.6. The standard InChI is InChI=1S/C14H23N3O3S/c1-10(2)17(6-5-14(19)20)8-11-9-21-12(15-11)7-13(18)16(3)4/h9-10H,5-8H2,1-4H3,(H,19,20). The van der Waals surface area contributed by atoms with Crippen LogP contribution in [-0.2, 0) is 22.6 Å². The molecule has 118 valence electrons. The van der Waals surface area contributed by atoms with Gasteiger partial charge in [0.25, 0.3) is 0 Å². The Morgan fingerprint density at radius 2 is 2.05 bits per heavy atom. The lowest BCUT2D eigenvalue weighted by molar-refractivity contribution is -0.137. The molecule has 0 aromatic carbocycles. The zero-order valence-electron chi connectivity index (χ0n) is 13.0. The van der Waals surface area contributed by atoms with E-state index in [-0.39, 0.29) is 18.4 Å². The highest BCUT2D eigenvalue weighted by Gasteiger charge is 2.15. The molecule has 0 bridgehead atoms. The number of amides is 1. The van der Waals surface area contributed by atoms with Gasteiger partial charge in [0.05, 0.1) is 18.5 Å². The number of nitrogens with zero attached hydrogens (tertiary/aromatic N) is 3. The number of carbonyl (C=O) groups excluding carboxylic acids is 1. The third-order valence-corrected chi connectivity index (χ3v) is 4.01. The number of thiazole rings is 1. The zero-order valence-corrected chi connectivity index (χ0v) is 13.8. The van der Waals surface area contributed by atoms with Gasteiger partial charge in [0.1, 0.15) is 5.01 Å². The summed E-state index contributed by atoms with van der Waals surface area (Å²) in [5, 5.41) is 11.5. The van der Waals surface area contributed by atoms with Gasteiger partial charge in [-0.3, -0.25) is 14.5 Å². The molecule has 0 saturated carbocycles. The topological polar surface area (TPSA) is 73.7 Å². The first-order valence-corrected chi connectivity index (χ1v) is 7.76. The molecule has 0 radical (unpaired) electrons. The molecular weight excluding hydrogens is 290 g/mol. The first-order valence-electron chi connectivity index (χ1n) is 6.89. The Kier molecular flexibility index (Phi) is 6.77. The number of carbonyl (C=O) groups is 2. The van der Waals surface area contributed by atoms with Crippen LogP contribution in [0.4, 0.5) is 0 Å². The van der Waals surface area contributed by atoms with Crippen LogP contribution in [0.25, 0.3) is 0 Å². The Hall–Kier alpha value is -1.47. The molecule has 0 unspecified atom stereocenters. The van der Waals surface area contributed by atoms with E-state index in [2.05, 4.69) is 9.88 Å². The first kappa shape index (κ1) is 17.6. The minimum absolute atomic E-state index is 0.0301. The second-order valence-electron chi connectivity index (χ2n) is 5.41. The van der Waals surface area contributed by atoms with Crippen molar-refractivity contribution in [1.29, 1.82) is 0 Å². The van der Waals surface area contributed by atoms with Gasteiger partial charge in [-0.15, -0.1) is 11.3 Å². The predicted octanol–water partition coefficient (Wildman–Crippen LogP) is 1.46. The van der Waals surface area contributed by atoms with Crippen LogP contribution in [0.1, 0.15) is 31.0 Å². The van der Waals surface area contributed by atoms with E-state index in [0.717, 1.165) is 10.7 Å². The van der Waals surface area contributed by atoms with E-state index in [0.29, 0.717) is 19.5 Å². The highest BCUT2D eigenvalue weighted by Crippen LogP contribution is 2.14. The molecule has 0 aliphatic rings. The summed E-state index contributed by atoms with van der Waals surface area (Å²) in [4.78, 5) is 30.4. The third kappa shape index (κ3) is 6.22. The molecule has 0 atom stereocenters. The number of hydrogen-bond donors (Lipinski definition) is 1. The molecule has 1 N–H and O–H groups in total. The molecule has 1 rings (SSSR count). The average molecular weight is 313 g/mol. The molecule has 1 amide bonds. The van der Waals surface area contributed by atoms with Crippen molar-refractivity contribution >= 4 is 23.2 Å². The van der Waals surface area contributed by atoms with E-state index in [1.165, 1.54) is 11.3 Å². The van der Waals surface area contributed by atoms with Crippen molar-refractivity contribution in [1.82, 2.24) is 14.8 Å². The molecule has 1 aromatic heterocycles. The summed E-state index contributed by atoms with van der Waals surface area (Å²) in [6.07, 6.45) is 0.433. The maximum Gasteiger partial charge on any atom is 0.304 e. The molecule has 0 fully saturated rings. The summed E-state index contributed by atoms with van der Waals surface area (Å²) in [5.41, 5.74) is 0.889. The van der Waals surface area contributed by atoms with Crippen LogP contribution in [0.5, 0.6) is 0 Å². The number of likely N-dealkylation sites (N-methyl/N-ethyl adjacent to an activating group) is 1. The summed E-state index contributed by atoms with van der Waals surface area (Å²) in [7, 11) is 3.45. The third-order valence-electron chi connectivity index (χ3n) is 3.11. The van der Waals surface area contributed by atoms with Gasteiger partial charge in [-0.05, 0) is 13.8 Å². The normalized spacial score (nSPS) is 11.1. The summed E-state index contributed by atoms with van der Waals surface area (Å²) >= 11 is 1.47. The Morgan fingerprint density at radius 3 is 2.57 bits per heavy atom. The van der Waals surface area contributed by atoms with Crippen molar-refractivity contribution in [3.05, 3.63) is 16.1 Å². The van der Waals surface area contributed by atoms with Crippen molar-refractivity contribution in [2.45, 2.75) is 39.3 Å². The zero-order chi connectivity index (χ0) is 16.0. The average Bonchev–Trinajstić information content (AvgIpc) is 2.81. The second-order valence-corrected chi connectivity index (χ2v) is 6.35. The van der Waals surface area contributed by atoms with Crippen molar-refractivity contribution in [2.24, 2.45) is 0 Å². The van der Waals surface area contributed by atoms with Gasteiger partial charge in [0.2, 0.25) is 5.91 Å². The summed E-state index contributed by atoms with van der Waals surface area (Å²) in [5.74, 6) is -0.765. The van der Waals surface area contributed by atoms with Crippen LogP contribution in [0, 0.1) is 0 Å². The van der Waals surface area contributed by atoms with E-state index in [1.54, 1.807) is 19.0 Å². The van der Waals surface area contributed by atoms with Crippen LogP contribution in [0.2, 0.25) is 0 Å². The van der Waals surface area contributed by atoms with Gasteiger partial charge in [-0.2, -0.15) is 0 Å². The Balaban J connectivity index is 2.62. The fourth-order valence-electron chi connectivity index (χ4n) is 1.76. The van der Waals surface area contributed by atoms with Crippen LogP contribution < -0.4 is 0 Å². The van der Waals surface area contributed by atoms with Gasteiger partial charge < -0.3 is 10.0 Å². The highest BCUT2D eigenvalue weighted by molar-refractivity contribution is 7.09. The van der Waals surface area contributed by atoms with E-state index in [4.69, 9.17) is 5.11 Å². The SMILES string of the molecule is CC(C)N(CCC(=O)O)Cc1csc(CC(=O)N(C)C)n1. The van der Waals surface area contributed by atoms with Gasteiger partial charge in [-0.1, -0.05) is 0 Å². The van der Waals surface area contributed by atoms with Gasteiger partial charge in [0.15, 0.2) is 0 Å². The van der Waals surface area contributed by atoms with E-state index >= 15 is 0 Å². The molecule has 21 heavy (non-hydrogen) atoms. The number of rotatable bonds is 8. The monoisotopic (exact) mass is 313 g/mol. The largest absolute Gasteiger partial charge is 0.481 e. The minimum atomic E-state index is -0.795. The lowest BCUT2D eigenvalue weighted by atomic mass is 10.2. The Morgan fingerprint density at radius 1 is 1.38 bits per heavy atom. The number of aromatic nitrogens is 1. The molecule has 0 aliphatic carbocycles. The van der Waals surface area contributed by atoms with Crippen molar-refractivity contribution in [3.63, 3.8) is 0 Å². The van der Waals surface area contributed by atoms with E-state index in [9.17, 15) is 9.59 Å². The minimum Gasteiger partial charge on any atom is -0.481 e. The molecule has 0 aliphatic heterocycles. The molecule has 1 aromatic rings. The van der Waals surface area contributed by atoms with Crippen LogP contribution in [0.3, 0.4) is 0 Å². The Bertz CT molecular complexity index is 486. The first-order chi connectivity index (χ1) is 9.79. The summed E-state index contributed by atoms with van der Waals surface area (Å²) in [6.45, 7) is 5.17. The number of carboxylic acid groups (broad SMARTS) is 1. The lowest BCUT2D eigenvalue weighted by Gasteiger charge is -2.24. The number of carboxylic acids is 1. The second kappa shape index (κ2) is 8.09. The van der Waals surface area contributed by atoms with Crippen LogP contribution >= 0.6 is 11.3 Å². The maximum atomic E-state index is 11.6. The van der Waals surface area contributed by atoms with Gasteiger partial charge in [0, 0.05) is 38.6 Å². The van der Waals surface area contributed by atoms with E-state index < -0.39 is 5.97 Å². The molecule has 0 spiro atoms. The van der Waals surface area contributed by atoms with Crippen LogP contribution in [-0.4, -0.2) is 58.4 Å². The highest BCUT2D eigenvalue weighted by atomic mass is 32.1. The van der Waals surface area contributed by atoms with Gasteiger partial charge >= 0.3 is 5.97 Å². The molecular formula is C14H23N3O3S. The van der Waals surface area contributed by atoms with Crippen molar-refractivity contribution in [2.75, 3.05) is 20.6 Å². The van der Waals surface area contributed by atoms with Gasteiger partial charge in [-0.25, -0.2) is 4.98 Å². The van der Waals surface area contributed by atoms with Crippen molar-refractivity contribution in [3.8, 4) is 0 Å². The van der Waals surface area contributed by atoms with Crippen molar-refractivity contribution < 1.29 is 14.7 Å². The Labute approximate surface area is 129 Å². The number of aliphatic carboxylic acids is 1. The quantitative estimate of drug-likeness (QED) is 0.786. The fraction of sp³-hybridized carbons (Fsp3) is 0.643. The summed E-state index contributed by atoms with van der Waals surface area (Å²) < 4.78 is 0. The molecule has 0 saturated heterocycles. The molecule has 1 heterocycles. The van der Waals surface area contributed by atoms with Crippen LogP contribution in [0.15, 0.2) is 5.38 Å².